The fourth-order valence-electron chi connectivity index (χ4n) is 2.62. The van der Waals surface area contributed by atoms with Crippen molar-refractivity contribution in [3.8, 4) is 11.1 Å². The molecule has 0 spiro atoms. The number of benzene rings is 3. The van der Waals surface area contributed by atoms with Gasteiger partial charge in [0.15, 0.2) is 0 Å². The maximum Gasteiger partial charge on any atom is 0.337 e. The molecule has 0 radical (unpaired) electrons. The molecule has 1 aromatic heterocycles. The number of esters is 1. The predicted octanol–water partition coefficient (Wildman–Crippen LogP) is 12.1. The third-order valence-corrected chi connectivity index (χ3v) is 20.9. The van der Waals surface area contributed by atoms with Gasteiger partial charge >= 0.3 is 5.97 Å². The Bertz CT molecular complexity index is 1490. The molecule has 0 saturated heterocycles. The van der Waals surface area contributed by atoms with E-state index in [1.165, 1.54) is 40.7 Å². The van der Waals surface area contributed by atoms with Gasteiger partial charge in [-0.25, -0.2) is 13.2 Å². The van der Waals surface area contributed by atoms with Crippen molar-refractivity contribution < 1.29 is 17.9 Å². The maximum absolute atomic E-state index is 11.4. The normalized spacial score (nSPS) is 10.6. The van der Waals surface area contributed by atoms with Crippen molar-refractivity contribution in [2.75, 3.05) is 7.11 Å². The van der Waals surface area contributed by atoms with E-state index in [-0.39, 0.29) is 11.9 Å². The summed E-state index contributed by atoms with van der Waals surface area (Å²) in [6.45, 7) is 2.32. The monoisotopic (exact) mass is 872 g/mol. The first-order chi connectivity index (χ1) is 19.2. The van der Waals surface area contributed by atoms with Gasteiger partial charge in [0.25, 0.3) is 9.05 Å². The van der Waals surface area contributed by atoms with Gasteiger partial charge in [-0.1, -0.05) is 65.3 Å². The number of thiophene rings is 1. The van der Waals surface area contributed by atoms with Crippen LogP contribution in [0.1, 0.15) is 15.2 Å². The van der Waals surface area contributed by atoms with Gasteiger partial charge in [0.2, 0.25) is 0 Å². The van der Waals surface area contributed by atoms with Crippen LogP contribution in [0.3, 0.4) is 0 Å². The van der Waals surface area contributed by atoms with Crippen molar-refractivity contribution in [2.45, 2.75) is 11.8 Å². The number of hydrogen-bond acceptors (Lipinski definition) is 5. The Morgan fingerprint density at radius 1 is 1.00 bits per heavy atom. The molecule has 4 rings (SSSR count). The molecule has 0 aliphatic carbocycles. The largest absolute Gasteiger partial charge is 0.465 e. The van der Waals surface area contributed by atoms with E-state index >= 15 is 0 Å². The average Bonchev–Trinajstić information content (AvgIpc) is 3.30. The summed E-state index contributed by atoms with van der Waals surface area (Å²) in [4.78, 5) is 12.8. The third-order valence-electron chi connectivity index (χ3n) is 4.57. The topological polar surface area (TPSA) is 60.4 Å². The lowest BCUT2D eigenvalue weighted by molar-refractivity contribution is 0.0600. The second kappa shape index (κ2) is 20.7. The zero-order valence-electron chi connectivity index (χ0n) is 21.5. The Morgan fingerprint density at radius 3 is 2.00 bits per heavy atom. The van der Waals surface area contributed by atoms with Crippen LogP contribution in [0.25, 0.3) is 11.1 Å². The summed E-state index contributed by atoms with van der Waals surface area (Å²) in [5.74, 6) is -0.391. The van der Waals surface area contributed by atoms with Gasteiger partial charge in [-0.15, -0.1) is 38.1 Å². The van der Waals surface area contributed by atoms with Crippen LogP contribution in [0.2, 0.25) is 10.0 Å². The molecule has 4 unspecified atom stereocenters. The van der Waals surface area contributed by atoms with E-state index in [1.54, 1.807) is 23.5 Å². The molecule has 4 aromatic rings. The zero-order chi connectivity index (χ0) is 31.2. The van der Waals surface area contributed by atoms with Crippen molar-refractivity contribution in [3.63, 3.8) is 0 Å². The van der Waals surface area contributed by atoms with Gasteiger partial charge in [0, 0.05) is 40.1 Å². The van der Waals surface area contributed by atoms with Crippen LogP contribution < -0.4 is 0 Å². The van der Waals surface area contributed by atoms with Gasteiger partial charge in [-0.2, -0.15) is 0 Å². The molecule has 1 heterocycles. The molecule has 0 saturated carbocycles. The minimum absolute atomic E-state index is 0.0589. The van der Waals surface area contributed by atoms with E-state index in [0.29, 0.717) is 15.6 Å². The number of hydrogen-bond donors (Lipinski definition) is 0. The van der Waals surface area contributed by atoms with Crippen LogP contribution in [-0.4, -0.2) is 21.5 Å². The molecule has 0 amide bonds. The van der Waals surface area contributed by atoms with Crippen molar-refractivity contribution in [3.05, 3.63) is 108 Å². The molecule has 4 atom stereocenters. The number of halogens is 5. The first-order valence-electron chi connectivity index (χ1n) is 11.0. The Labute approximate surface area is 286 Å². The SMILES string of the molecule is COC(=O)c1ccc(-c2cccc(Br)c2)c(Cl)c1.Cc1sccc1Br.O=S(=O)(Cl)c1ccc(Cl)cc1.PPP(P)P. The van der Waals surface area contributed by atoms with E-state index in [4.69, 9.17) is 33.9 Å². The van der Waals surface area contributed by atoms with Gasteiger partial charge in [0.1, 0.15) is 0 Å². The second-order valence-corrected chi connectivity index (χ2v) is 27.7. The first kappa shape index (κ1) is 39.8. The highest BCUT2D eigenvalue weighted by Gasteiger charge is 2.10. The van der Waals surface area contributed by atoms with Crippen molar-refractivity contribution in [1.82, 2.24) is 0 Å². The number of aryl methyl sites for hydroxylation is 1. The number of carbonyl (C=O) groups is 1. The fraction of sp³-hybridized carbons (Fsp3) is 0.0800. The van der Waals surface area contributed by atoms with Crippen molar-refractivity contribution in [1.29, 1.82) is 0 Å². The minimum Gasteiger partial charge on any atom is -0.465 e. The quantitative estimate of drug-likeness (QED) is 0.116. The summed E-state index contributed by atoms with van der Waals surface area (Å²) in [6, 6.07) is 20.6. The van der Waals surface area contributed by atoms with Crippen LogP contribution in [0.15, 0.2) is 92.0 Å². The number of carbonyl (C=O) groups excluding carboxylic acids is 1. The summed E-state index contributed by atoms with van der Waals surface area (Å²) in [5.41, 5.74) is 2.32. The van der Waals surface area contributed by atoms with E-state index in [0.717, 1.165) is 23.6 Å². The van der Waals surface area contributed by atoms with Crippen LogP contribution in [-0.2, 0) is 13.8 Å². The van der Waals surface area contributed by atoms with Crippen LogP contribution in [0.4, 0.5) is 0 Å². The highest BCUT2D eigenvalue weighted by molar-refractivity contribution is 9.10. The minimum atomic E-state index is -3.61. The molecule has 4 nitrogen and oxygen atoms in total. The third kappa shape index (κ3) is 16.1. The Hall–Kier alpha value is 0.760. The lowest BCUT2D eigenvalue weighted by Gasteiger charge is -2.07. The molecule has 0 bridgehead atoms. The standard InChI is InChI=1S/C14H10BrClO2.C6H4Cl2O2S.C5H5BrS.H7P5/c1-18-14(17)10-5-6-12(13(16)8-10)9-3-2-4-11(15)7-9;7-5-1-3-6(4-2-5)11(8,9)10;1-4-5(6)2-3-7-4;1-4-5(2)3/h2-8H,1H3;1-4H;2-3H,1H3;4H,1-3H2. The van der Waals surface area contributed by atoms with Crippen molar-refractivity contribution in [2.24, 2.45) is 0 Å². The molecule has 0 aliphatic rings. The number of ether oxygens (including phenoxy) is 1. The van der Waals surface area contributed by atoms with Gasteiger partial charge < -0.3 is 4.74 Å². The average molecular weight is 876 g/mol. The van der Waals surface area contributed by atoms with Crippen LogP contribution >= 0.6 is 119 Å². The number of methoxy groups -OCH3 is 1. The van der Waals surface area contributed by atoms with E-state index in [2.05, 4.69) is 81.8 Å². The lowest BCUT2D eigenvalue weighted by atomic mass is 10.0. The summed E-state index contributed by atoms with van der Waals surface area (Å²) >= 11 is 20.3. The molecule has 0 N–H and O–H groups in total. The summed E-state index contributed by atoms with van der Waals surface area (Å²) < 4.78 is 28.2. The zero-order valence-corrected chi connectivity index (χ0v) is 34.0. The molecular formula is C25H26Br2Cl3O4P5S2. The maximum atomic E-state index is 11.4. The summed E-state index contributed by atoms with van der Waals surface area (Å²) in [7, 11) is 12.0. The number of rotatable bonds is 4. The Morgan fingerprint density at radius 2 is 1.61 bits per heavy atom. The molecule has 222 valence electrons. The van der Waals surface area contributed by atoms with E-state index in [1.807, 2.05) is 30.3 Å². The molecule has 3 aromatic carbocycles. The summed E-state index contributed by atoms with van der Waals surface area (Å²) in [6.07, 6.45) is 0. The van der Waals surface area contributed by atoms with Crippen LogP contribution in [0.5, 0.6) is 0 Å². The highest BCUT2D eigenvalue weighted by Crippen LogP contribution is 2.71. The lowest BCUT2D eigenvalue weighted by Crippen LogP contribution is -2.00. The molecule has 41 heavy (non-hydrogen) atoms. The molecule has 0 aliphatic heterocycles. The second-order valence-electron chi connectivity index (χ2n) is 7.45. The Kier molecular flexibility index (Phi) is 20.1. The van der Waals surface area contributed by atoms with E-state index < -0.39 is 15.0 Å². The van der Waals surface area contributed by atoms with Gasteiger partial charge in [0.05, 0.1) is 17.6 Å². The highest BCUT2D eigenvalue weighted by atomic mass is 79.9. The predicted molar refractivity (Wildman–Crippen MR) is 202 cm³/mol. The molecular weight excluding hydrogens is 849 g/mol. The van der Waals surface area contributed by atoms with E-state index in [9.17, 15) is 13.2 Å². The van der Waals surface area contributed by atoms with Crippen LogP contribution in [0, 0.1) is 6.92 Å². The van der Waals surface area contributed by atoms with Gasteiger partial charge in [-0.05, 0) is 95.4 Å². The molecule has 16 heteroatoms. The van der Waals surface area contributed by atoms with Gasteiger partial charge in [-0.3, -0.25) is 0 Å². The smallest absolute Gasteiger partial charge is 0.337 e. The summed E-state index contributed by atoms with van der Waals surface area (Å²) in [5, 5.41) is 3.07. The first-order valence-corrected chi connectivity index (χ1v) is 24.7. The fourth-order valence-corrected chi connectivity index (χ4v) is 5.38. The van der Waals surface area contributed by atoms with Crippen molar-refractivity contribution >= 4 is 134 Å². The molecule has 0 fully saturated rings. The Balaban J connectivity index is 0.000000309.